The van der Waals surface area contributed by atoms with E-state index in [1.54, 1.807) is 0 Å². The summed E-state index contributed by atoms with van der Waals surface area (Å²) in [6, 6.07) is 9.74. The number of ketones is 2. The summed E-state index contributed by atoms with van der Waals surface area (Å²) in [7, 11) is 0. The molecule has 0 unspecified atom stereocenters. The van der Waals surface area contributed by atoms with Crippen LogP contribution in [0.1, 0.15) is 78.7 Å². The number of Topliss-reactive ketones (excluding diaryl/α,β-unsaturated/α-hetero) is 2. The van der Waals surface area contributed by atoms with Crippen molar-refractivity contribution >= 4 is 11.6 Å². The summed E-state index contributed by atoms with van der Waals surface area (Å²) in [6.07, 6.45) is 1.56. The minimum absolute atomic E-state index is 0.0102. The highest BCUT2D eigenvalue weighted by Crippen LogP contribution is 2.68. The highest BCUT2D eigenvalue weighted by Gasteiger charge is 2.70. The molecule has 33 heavy (non-hydrogen) atoms. The maximum atomic E-state index is 14.2. The van der Waals surface area contributed by atoms with E-state index in [0.29, 0.717) is 0 Å². The van der Waals surface area contributed by atoms with Crippen molar-refractivity contribution in [2.45, 2.75) is 85.4 Å². The summed E-state index contributed by atoms with van der Waals surface area (Å²) in [6.45, 7) is 12.6. The number of carbonyl (C=O) groups is 2. The second-order valence-corrected chi connectivity index (χ2v) is 13.1. The summed E-state index contributed by atoms with van der Waals surface area (Å²) in [4.78, 5) is 28.5. The quantitative estimate of drug-likeness (QED) is 0.692. The van der Waals surface area contributed by atoms with Gasteiger partial charge in [0.05, 0.1) is 24.0 Å². The van der Waals surface area contributed by atoms with E-state index in [1.165, 1.54) is 0 Å². The number of hydrogen-bond donors (Lipinski definition) is 2. The molecule has 0 heterocycles. The maximum absolute atomic E-state index is 14.2. The van der Waals surface area contributed by atoms with Gasteiger partial charge in [-0.3, -0.25) is 9.59 Å². The molecule has 0 saturated heterocycles. The van der Waals surface area contributed by atoms with E-state index in [0.717, 1.165) is 31.2 Å². The summed E-state index contributed by atoms with van der Waals surface area (Å²) in [5.74, 6) is -1.69. The molecular formula is C29H40O4. The van der Waals surface area contributed by atoms with Crippen molar-refractivity contribution in [3.63, 3.8) is 0 Å². The Balaban J connectivity index is 1.67. The van der Waals surface area contributed by atoms with Gasteiger partial charge in [0, 0.05) is 16.7 Å². The third kappa shape index (κ3) is 2.66. The molecule has 4 heteroatoms. The number of fused-ring (bicyclic) bond motifs is 4. The second-order valence-electron chi connectivity index (χ2n) is 13.1. The Morgan fingerprint density at radius 3 is 1.52 bits per heavy atom. The maximum Gasteiger partial charge on any atom is 0.145 e. The van der Waals surface area contributed by atoms with Crippen LogP contribution in [0.5, 0.6) is 0 Å². The van der Waals surface area contributed by atoms with E-state index < -0.39 is 40.8 Å². The number of rotatable bonds is 3. The summed E-state index contributed by atoms with van der Waals surface area (Å²) in [5.41, 5.74) is -0.746. The second kappa shape index (κ2) is 7.01. The first-order valence-corrected chi connectivity index (χ1v) is 12.8. The van der Waals surface area contributed by atoms with E-state index in [9.17, 15) is 19.8 Å². The lowest BCUT2D eigenvalue weighted by atomic mass is 9.48. The fourth-order valence-corrected chi connectivity index (χ4v) is 8.76. The van der Waals surface area contributed by atoms with Crippen molar-refractivity contribution < 1.29 is 19.8 Å². The Hall–Kier alpha value is -1.52. The van der Waals surface area contributed by atoms with Crippen LogP contribution in [0.15, 0.2) is 30.3 Å². The number of carbonyl (C=O) groups excluding carboxylic acids is 2. The van der Waals surface area contributed by atoms with Crippen LogP contribution in [0, 0.1) is 45.3 Å². The highest BCUT2D eigenvalue weighted by atomic mass is 16.3. The molecule has 0 aliphatic heterocycles. The first kappa shape index (κ1) is 23.2. The Bertz CT molecular complexity index is 921. The topological polar surface area (TPSA) is 74.6 Å². The molecule has 4 bridgehead atoms. The van der Waals surface area contributed by atoms with Gasteiger partial charge in [0.2, 0.25) is 0 Å². The lowest BCUT2D eigenvalue weighted by Gasteiger charge is -2.56. The summed E-state index contributed by atoms with van der Waals surface area (Å²) in [5, 5.41) is 23.4. The van der Waals surface area contributed by atoms with Gasteiger partial charge >= 0.3 is 0 Å². The predicted octanol–water partition coefficient (Wildman–Crippen LogP) is 4.77. The van der Waals surface area contributed by atoms with Gasteiger partial charge in [0.15, 0.2) is 0 Å². The van der Waals surface area contributed by atoms with E-state index >= 15 is 0 Å². The van der Waals surface area contributed by atoms with Crippen LogP contribution in [0.2, 0.25) is 0 Å². The third-order valence-electron chi connectivity index (χ3n) is 11.8. The Kier molecular flexibility index (Phi) is 4.93. The fourth-order valence-electron chi connectivity index (χ4n) is 8.76. The number of aliphatic hydroxyl groups is 2. The molecule has 0 spiro atoms. The standard InChI is InChI=1S/C29H40O4/c1-26(2)17-12-14-28(26,5)24(32)20(22(17)30)19(16-10-8-7-9-11-16)21-23(31)18-13-15-29(6,25(21)33)27(18,3)4/h7-11,17-23,30-31H,12-15H2,1-6H3/t17-,18-,20-,21-,22-,23-,28+,29+/m0/s1. The lowest BCUT2D eigenvalue weighted by molar-refractivity contribution is -0.169. The molecule has 0 amide bonds. The van der Waals surface area contributed by atoms with Gasteiger partial charge in [-0.05, 0) is 53.9 Å². The van der Waals surface area contributed by atoms with E-state index in [-0.39, 0.29) is 34.2 Å². The Labute approximate surface area is 198 Å². The Morgan fingerprint density at radius 2 is 1.12 bits per heavy atom. The molecule has 1 aromatic rings. The zero-order valence-electron chi connectivity index (χ0n) is 21.0. The van der Waals surface area contributed by atoms with Crippen molar-refractivity contribution in [1.82, 2.24) is 0 Å². The van der Waals surface area contributed by atoms with Gasteiger partial charge < -0.3 is 10.2 Å². The average Bonchev–Trinajstić information content (AvgIpc) is 3.07. The smallest absolute Gasteiger partial charge is 0.145 e. The number of aliphatic hydroxyl groups excluding tert-OH is 2. The molecule has 1 aromatic carbocycles. The molecular weight excluding hydrogens is 412 g/mol. The fraction of sp³-hybridized carbons (Fsp3) is 0.724. The Morgan fingerprint density at radius 1 is 0.727 bits per heavy atom. The van der Waals surface area contributed by atoms with E-state index in [1.807, 2.05) is 30.3 Å². The normalized spacial score (nSPS) is 45.6. The molecule has 4 saturated carbocycles. The average molecular weight is 453 g/mol. The summed E-state index contributed by atoms with van der Waals surface area (Å²) < 4.78 is 0. The third-order valence-corrected chi connectivity index (χ3v) is 11.8. The number of hydrogen-bond acceptors (Lipinski definition) is 4. The zero-order valence-corrected chi connectivity index (χ0v) is 21.0. The first-order chi connectivity index (χ1) is 15.3. The molecule has 0 aromatic heterocycles. The molecule has 4 fully saturated rings. The predicted molar refractivity (Wildman–Crippen MR) is 127 cm³/mol. The van der Waals surface area contributed by atoms with E-state index in [4.69, 9.17) is 0 Å². The molecule has 180 valence electrons. The van der Waals surface area contributed by atoms with Gasteiger partial charge in [-0.25, -0.2) is 0 Å². The van der Waals surface area contributed by atoms with Gasteiger partial charge in [-0.1, -0.05) is 71.9 Å². The minimum Gasteiger partial charge on any atom is -0.392 e. The van der Waals surface area contributed by atoms with Crippen molar-refractivity contribution in [2.75, 3.05) is 0 Å². The molecule has 5 rings (SSSR count). The van der Waals surface area contributed by atoms with Crippen LogP contribution >= 0.6 is 0 Å². The van der Waals surface area contributed by atoms with Crippen molar-refractivity contribution in [3.8, 4) is 0 Å². The van der Waals surface area contributed by atoms with Crippen molar-refractivity contribution in [1.29, 1.82) is 0 Å². The first-order valence-electron chi connectivity index (χ1n) is 12.8. The minimum atomic E-state index is -0.811. The highest BCUT2D eigenvalue weighted by molar-refractivity contribution is 5.94. The molecule has 4 nitrogen and oxygen atoms in total. The SMILES string of the molecule is CC1(C)[C@H]2CC[C@]1(C)C(=O)[C@@H](C(c1ccccc1)[C@@H]1C(=O)[C@@]3(C)CC[C@@H]([C@@H]1O)C3(C)C)[C@H]2O. The van der Waals surface area contributed by atoms with Crippen LogP contribution in [0.25, 0.3) is 0 Å². The van der Waals surface area contributed by atoms with Gasteiger partial charge in [0.1, 0.15) is 11.6 Å². The van der Waals surface area contributed by atoms with Crippen LogP contribution in [0.4, 0.5) is 0 Å². The zero-order chi connectivity index (χ0) is 24.1. The van der Waals surface area contributed by atoms with Crippen molar-refractivity contribution in [3.05, 3.63) is 35.9 Å². The van der Waals surface area contributed by atoms with Crippen LogP contribution < -0.4 is 0 Å². The van der Waals surface area contributed by atoms with Gasteiger partial charge in [-0.15, -0.1) is 0 Å². The molecule has 2 N–H and O–H groups in total. The largest absolute Gasteiger partial charge is 0.392 e. The van der Waals surface area contributed by atoms with Gasteiger partial charge in [-0.2, -0.15) is 0 Å². The van der Waals surface area contributed by atoms with E-state index in [2.05, 4.69) is 41.5 Å². The molecule has 0 radical (unpaired) electrons. The lowest BCUT2D eigenvalue weighted by Crippen LogP contribution is -2.62. The monoisotopic (exact) mass is 452 g/mol. The number of benzene rings is 1. The molecule has 4 aliphatic rings. The van der Waals surface area contributed by atoms with Crippen molar-refractivity contribution in [2.24, 2.45) is 45.3 Å². The summed E-state index contributed by atoms with van der Waals surface area (Å²) >= 11 is 0. The van der Waals surface area contributed by atoms with Crippen LogP contribution in [-0.4, -0.2) is 34.0 Å². The molecule has 8 atom stereocenters. The van der Waals surface area contributed by atoms with Crippen LogP contribution in [0.3, 0.4) is 0 Å². The van der Waals surface area contributed by atoms with Crippen LogP contribution in [-0.2, 0) is 9.59 Å². The van der Waals surface area contributed by atoms with Gasteiger partial charge in [0.25, 0.3) is 0 Å². The molecule has 4 aliphatic carbocycles.